The first kappa shape index (κ1) is 26.8. The summed E-state index contributed by atoms with van der Waals surface area (Å²) in [6.45, 7) is 2.11. The highest BCUT2D eigenvalue weighted by molar-refractivity contribution is 9.10. The highest BCUT2D eigenvalue weighted by Gasteiger charge is 2.36. The monoisotopic (exact) mass is 600 g/mol. The number of imide groups is 1. The number of carbonyl (C=O) groups excluding carboxylic acids is 3. The Bertz CT molecular complexity index is 1370. The summed E-state index contributed by atoms with van der Waals surface area (Å²) in [6.07, 6.45) is 1.59. The maximum atomic E-state index is 12.9. The van der Waals surface area contributed by atoms with Gasteiger partial charge in [0, 0.05) is 16.3 Å². The zero-order chi connectivity index (χ0) is 26.4. The Morgan fingerprint density at radius 2 is 1.81 bits per heavy atom. The molecule has 3 aromatic rings. The van der Waals surface area contributed by atoms with Gasteiger partial charge in [-0.3, -0.25) is 19.3 Å². The Labute approximate surface area is 231 Å². The standard InChI is InChI=1S/C27H22BrClN2O5S/c1-2-35-22-13-17(12-20(28)25(22)36-16-18-8-6-7-11-21(18)29)14-23-26(33)31(27(34)37-23)15-24(32)30-19-9-4-3-5-10-19/h3-14H,2,15-16H2,1H3,(H,30,32)/b23-14+. The molecule has 0 unspecified atom stereocenters. The van der Waals surface area contributed by atoms with Crippen molar-refractivity contribution >= 4 is 68.1 Å². The number of ether oxygens (including phenoxy) is 2. The Balaban J connectivity index is 1.50. The first-order valence-corrected chi connectivity index (χ1v) is 13.3. The molecule has 1 heterocycles. The van der Waals surface area contributed by atoms with Gasteiger partial charge in [-0.05, 0) is 76.6 Å². The number of anilines is 1. The third-order valence-electron chi connectivity index (χ3n) is 5.19. The lowest BCUT2D eigenvalue weighted by Gasteiger charge is -2.15. The minimum absolute atomic E-state index is 0.205. The zero-order valence-corrected chi connectivity index (χ0v) is 22.9. The van der Waals surface area contributed by atoms with Gasteiger partial charge < -0.3 is 14.8 Å². The number of carbonyl (C=O) groups is 3. The van der Waals surface area contributed by atoms with Crippen molar-refractivity contribution in [1.29, 1.82) is 0 Å². The summed E-state index contributed by atoms with van der Waals surface area (Å²) in [5, 5.41) is 2.77. The molecule has 0 saturated carbocycles. The van der Waals surface area contributed by atoms with Crippen LogP contribution in [0.15, 0.2) is 76.1 Å². The molecule has 190 valence electrons. The topological polar surface area (TPSA) is 84.9 Å². The minimum atomic E-state index is -0.536. The van der Waals surface area contributed by atoms with E-state index in [2.05, 4.69) is 21.2 Å². The number of nitrogens with zero attached hydrogens (tertiary/aromatic N) is 1. The molecule has 4 rings (SSSR count). The van der Waals surface area contributed by atoms with Gasteiger partial charge in [-0.1, -0.05) is 48.0 Å². The second-order valence-corrected chi connectivity index (χ2v) is 10.1. The van der Waals surface area contributed by atoms with Gasteiger partial charge in [0.15, 0.2) is 11.5 Å². The number of hydrogen-bond donors (Lipinski definition) is 1. The fourth-order valence-electron chi connectivity index (χ4n) is 3.49. The summed E-state index contributed by atoms with van der Waals surface area (Å²) in [5.74, 6) is -0.0382. The van der Waals surface area contributed by atoms with Crippen molar-refractivity contribution in [2.45, 2.75) is 13.5 Å². The molecular formula is C27H22BrClN2O5S. The highest BCUT2D eigenvalue weighted by atomic mass is 79.9. The molecule has 1 fully saturated rings. The summed E-state index contributed by atoms with van der Waals surface area (Å²) < 4.78 is 12.4. The number of halogens is 2. The molecule has 3 amide bonds. The summed E-state index contributed by atoms with van der Waals surface area (Å²) in [5.41, 5.74) is 2.03. The van der Waals surface area contributed by atoms with E-state index in [0.29, 0.717) is 38.9 Å². The van der Waals surface area contributed by atoms with E-state index in [9.17, 15) is 14.4 Å². The molecule has 0 spiro atoms. The number of rotatable bonds is 9. The average Bonchev–Trinajstić information content (AvgIpc) is 3.12. The molecule has 0 aromatic heterocycles. The Morgan fingerprint density at radius 3 is 2.54 bits per heavy atom. The fourth-order valence-corrected chi connectivity index (χ4v) is 5.10. The fraction of sp³-hybridized carbons (Fsp3) is 0.148. The molecule has 0 atom stereocenters. The Morgan fingerprint density at radius 1 is 1.08 bits per heavy atom. The maximum Gasteiger partial charge on any atom is 0.294 e. The van der Waals surface area contributed by atoms with E-state index >= 15 is 0 Å². The van der Waals surface area contributed by atoms with Crippen LogP contribution < -0.4 is 14.8 Å². The Hall–Kier alpha value is -3.27. The molecule has 1 aliphatic rings. The third kappa shape index (κ3) is 6.74. The smallest absolute Gasteiger partial charge is 0.294 e. The van der Waals surface area contributed by atoms with Crippen molar-refractivity contribution in [3.63, 3.8) is 0 Å². The van der Waals surface area contributed by atoms with Gasteiger partial charge in [0.05, 0.1) is 16.0 Å². The van der Waals surface area contributed by atoms with Gasteiger partial charge in [-0.2, -0.15) is 0 Å². The van der Waals surface area contributed by atoms with Crippen LogP contribution >= 0.6 is 39.3 Å². The number of nitrogens with one attached hydrogen (secondary N) is 1. The summed E-state index contributed by atoms with van der Waals surface area (Å²) >= 11 is 10.5. The van der Waals surface area contributed by atoms with Crippen LogP contribution in [0, 0.1) is 0 Å². The van der Waals surface area contributed by atoms with Crippen molar-refractivity contribution in [2.24, 2.45) is 0 Å². The van der Waals surface area contributed by atoms with E-state index in [-0.39, 0.29) is 18.1 Å². The van der Waals surface area contributed by atoms with Crippen molar-refractivity contribution in [3.05, 3.63) is 92.3 Å². The van der Waals surface area contributed by atoms with Crippen LogP contribution in [-0.4, -0.2) is 35.1 Å². The molecule has 7 nitrogen and oxygen atoms in total. The average molecular weight is 602 g/mol. The van der Waals surface area contributed by atoms with Gasteiger partial charge >= 0.3 is 0 Å². The van der Waals surface area contributed by atoms with E-state index in [0.717, 1.165) is 22.2 Å². The second kappa shape index (κ2) is 12.3. The van der Waals surface area contributed by atoms with Gasteiger partial charge in [0.25, 0.3) is 11.1 Å². The molecule has 0 bridgehead atoms. The lowest BCUT2D eigenvalue weighted by Crippen LogP contribution is -2.36. The van der Waals surface area contributed by atoms with E-state index in [1.54, 1.807) is 48.5 Å². The quantitative estimate of drug-likeness (QED) is 0.273. The van der Waals surface area contributed by atoms with Gasteiger partial charge in [0.2, 0.25) is 5.91 Å². The summed E-state index contributed by atoms with van der Waals surface area (Å²) in [4.78, 5) is 38.9. The number of para-hydroxylation sites is 1. The van der Waals surface area contributed by atoms with E-state index in [4.69, 9.17) is 21.1 Å². The van der Waals surface area contributed by atoms with Gasteiger partial charge in [-0.15, -0.1) is 0 Å². The minimum Gasteiger partial charge on any atom is -0.490 e. The van der Waals surface area contributed by atoms with Crippen molar-refractivity contribution in [3.8, 4) is 11.5 Å². The van der Waals surface area contributed by atoms with Gasteiger partial charge in [-0.25, -0.2) is 0 Å². The number of thioether (sulfide) groups is 1. The SMILES string of the molecule is CCOc1cc(/C=C2/SC(=O)N(CC(=O)Nc3ccccc3)C2=O)cc(Br)c1OCc1ccccc1Cl. The Kier molecular flexibility index (Phi) is 8.91. The molecule has 0 radical (unpaired) electrons. The van der Waals surface area contributed by atoms with E-state index in [1.807, 2.05) is 31.2 Å². The number of amides is 3. The molecular weight excluding hydrogens is 580 g/mol. The summed E-state index contributed by atoms with van der Waals surface area (Å²) in [6, 6.07) is 19.7. The predicted molar refractivity (Wildman–Crippen MR) is 149 cm³/mol. The van der Waals surface area contributed by atoms with Crippen molar-refractivity contribution in [2.75, 3.05) is 18.5 Å². The molecule has 1 aliphatic heterocycles. The molecule has 10 heteroatoms. The maximum absolute atomic E-state index is 12.9. The second-order valence-electron chi connectivity index (χ2n) is 7.83. The van der Waals surface area contributed by atoms with E-state index in [1.165, 1.54) is 0 Å². The first-order valence-electron chi connectivity index (χ1n) is 11.3. The van der Waals surface area contributed by atoms with Crippen LogP contribution in [0.25, 0.3) is 6.08 Å². The van der Waals surface area contributed by atoms with Crippen molar-refractivity contribution in [1.82, 2.24) is 4.90 Å². The van der Waals surface area contributed by atoms with Crippen LogP contribution in [-0.2, 0) is 16.2 Å². The predicted octanol–water partition coefficient (Wildman–Crippen LogP) is 6.76. The summed E-state index contributed by atoms with van der Waals surface area (Å²) in [7, 11) is 0. The molecule has 37 heavy (non-hydrogen) atoms. The number of benzene rings is 3. The lowest BCUT2D eigenvalue weighted by atomic mass is 10.1. The van der Waals surface area contributed by atoms with Crippen LogP contribution in [0.3, 0.4) is 0 Å². The zero-order valence-electron chi connectivity index (χ0n) is 19.7. The molecule has 1 saturated heterocycles. The largest absolute Gasteiger partial charge is 0.490 e. The highest BCUT2D eigenvalue weighted by Crippen LogP contribution is 2.40. The van der Waals surface area contributed by atoms with Crippen LogP contribution in [0.5, 0.6) is 11.5 Å². The molecule has 3 aromatic carbocycles. The van der Waals surface area contributed by atoms with Crippen LogP contribution in [0.2, 0.25) is 5.02 Å². The first-order chi connectivity index (χ1) is 17.9. The van der Waals surface area contributed by atoms with Crippen molar-refractivity contribution < 1.29 is 23.9 Å². The lowest BCUT2D eigenvalue weighted by molar-refractivity contribution is -0.127. The number of hydrogen-bond acceptors (Lipinski definition) is 6. The van der Waals surface area contributed by atoms with E-state index < -0.39 is 17.1 Å². The van der Waals surface area contributed by atoms with Crippen LogP contribution in [0.1, 0.15) is 18.1 Å². The third-order valence-corrected chi connectivity index (χ3v) is 7.06. The normalized spacial score (nSPS) is 14.2. The van der Waals surface area contributed by atoms with Gasteiger partial charge in [0.1, 0.15) is 13.2 Å². The molecule has 1 N–H and O–H groups in total. The van der Waals surface area contributed by atoms with Crippen LogP contribution in [0.4, 0.5) is 10.5 Å². The molecule has 0 aliphatic carbocycles.